The van der Waals surface area contributed by atoms with Gasteiger partial charge in [-0.1, -0.05) is 66.7 Å². The van der Waals surface area contributed by atoms with Gasteiger partial charge >= 0.3 is 0 Å². The van der Waals surface area contributed by atoms with Crippen molar-refractivity contribution in [3.05, 3.63) is 102 Å². The molecule has 4 aromatic rings. The lowest BCUT2D eigenvalue weighted by atomic mass is 10.00. The Kier molecular flexibility index (Phi) is 6.05. The van der Waals surface area contributed by atoms with E-state index in [0.29, 0.717) is 19.4 Å². The molecule has 33 heavy (non-hydrogen) atoms. The van der Waals surface area contributed by atoms with Gasteiger partial charge in [-0.15, -0.1) is 0 Å². The number of nitrogens with one attached hydrogen (secondary N) is 1. The largest absolute Gasteiger partial charge is 0.396 e. The SMILES string of the molecule is O=C1C(Cc2c[nH]c3ccccc23)N=C(c2ccccc2)c2ccccc2N1CCCCO. The number of benzene rings is 3. The zero-order valence-corrected chi connectivity index (χ0v) is 18.4. The van der Waals surface area contributed by atoms with E-state index in [1.54, 1.807) is 0 Å². The van der Waals surface area contributed by atoms with Crippen molar-refractivity contribution in [1.82, 2.24) is 4.98 Å². The molecule has 0 aliphatic carbocycles. The van der Waals surface area contributed by atoms with Gasteiger partial charge < -0.3 is 15.0 Å². The van der Waals surface area contributed by atoms with Gasteiger partial charge in [0.1, 0.15) is 6.04 Å². The van der Waals surface area contributed by atoms with Crippen LogP contribution in [0.2, 0.25) is 0 Å². The highest BCUT2D eigenvalue weighted by atomic mass is 16.3. The Balaban J connectivity index is 1.62. The summed E-state index contributed by atoms with van der Waals surface area (Å²) in [4.78, 5) is 24.2. The number of aromatic amines is 1. The van der Waals surface area contributed by atoms with Crippen LogP contribution in [0.5, 0.6) is 0 Å². The summed E-state index contributed by atoms with van der Waals surface area (Å²) in [6.45, 7) is 0.673. The number of fused-ring (bicyclic) bond motifs is 2. The first-order valence-corrected chi connectivity index (χ1v) is 11.5. The summed E-state index contributed by atoms with van der Waals surface area (Å²) in [6.07, 6.45) is 3.90. The number of aliphatic hydroxyl groups is 1. The molecule has 1 atom stereocenters. The molecule has 0 spiro atoms. The highest BCUT2D eigenvalue weighted by molar-refractivity contribution is 6.20. The molecule has 166 valence electrons. The third-order valence-electron chi connectivity index (χ3n) is 6.21. The van der Waals surface area contributed by atoms with E-state index in [4.69, 9.17) is 4.99 Å². The van der Waals surface area contributed by atoms with Crippen LogP contribution in [0.1, 0.15) is 29.5 Å². The Labute approximate surface area is 193 Å². The van der Waals surface area contributed by atoms with E-state index >= 15 is 0 Å². The Morgan fingerprint density at radius 3 is 2.52 bits per heavy atom. The van der Waals surface area contributed by atoms with Gasteiger partial charge in [0.15, 0.2) is 0 Å². The zero-order chi connectivity index (χ0) is 22.6. The van der Waals surface area contributed by atoms with Crippen molar-refractivity contribution in [2.75, 3.05) is 18.1 Å². The highest BCUT2D eigenvalue weighted by Gasteiger charge is 2.32. The number of benzodiazepines with no additional fused rings is 1. The number of hydrogen-bond acceptors (Lipinski definition) is 3. The van der Waals surface area contributed by atoms with E-state index in [-0.39, 0.29) is 12.5 Å². The molecule has 1 aliphatic rings. The monoisotopic (exact) mass is 437 g/mol. The number of rotatable bonds is 7. The highest BCUT2D eigenvalue weighted by Crippen LogP contribution is 2.30. The molecule has 1 amide bonds. The van der Waals surface area contributed by atoms with Crippen LogP contribution in [0.3, 0.4) is 0 Å². The second kappa shape index (κ2) is 9.43. The molecule has 5 nitrogen and oxygen atoms in total. The number of carbonyl (C=O) groups is 1. The predicted molar refractivity (Wildman–Crippen MR) is 133 cm³/mol. The van der Waals surface area contributed by atoms with Crippen molar-refractivity contribution in [3.63, 3.8) is 0 Å². The number of hydrogen-bond donors (Lipinski definition) is 2. The summed E-state index contributed by atoms with van der Waals surface area (Å²) < 4.78 is 0. The van der Waals surface area contributed by atoms with Crippen LogP contribution in [0, 0.1) is 0 Å². The molecule has 0 fully saturated rings. The molecular formula is C28H27N3O2. The fourth-order valence-corrected chi connectivity index (χ4v) is 4.57. The van der Waals surface area contributed by atoms with Gasteiger partial charge in [-0.25, -0.2) is 0 Å². The summed E-state index contributed by atoms with van der Waals surface area (Å²) in [5, 5.41) is 10.4. The maximum Gasteiger partial charge on any atom is 0.252 e. The number of anilines is 1. The summed E-state index contributed by atoms with van der Waals surface area (Å²) >= 11 is 0. The molecule has 1 aliphatic heterocycles. The van der Waals surface area contributed by atoms with Gasteiger partial charge in [0, 0.05) is 47.8 Å². The topological polar surface area (TPSA) is 68.7 Å². The molecule has 0 saturated carbocycles. The number of aromatic nitrogens is 1. The van der Waals surface area contributed by atoms with Crippen LogP contribution in [0.15, 0.2) is 90.1 Å². The van der Waals surface area contributed by atoms with Crippen molar-refractivity contribution in [3.8, 4) is 0 Å². The van der Waals surface area contributed by atoms with Crippen molar-refractivity contribution in [1.29, 1.82) is 0 Å². The van der Waals surface area contributed by atoms with Gasteiger partial charge in [0.25, 0.3) is 5.91 Å². The number of aliphatic hydroxyl groups excluding tert-OH is 1. The average Bonchev–Trinajstić information content (AvgIpc) is 3.23. The van der Waals surface area contributed by atoms with Crippen molar-refractivity contribution >= 4 is 28.2 Å². The maximum absolute atomic E-state index is 13.9. The summed E-state index contributed by atoms with van der Waals surface area (Å²) in [7, 11) is 0. The smallest absolute Gasteiger partial charge is 0.252 e. The lowest BCUT2D eigenvalue weighted by molar-refractivity contribution is -0.119. The minimum absolute atomic E-state index is 0.00315. The van der Waals surface area contributed by atoms with Crippen LogP contribution in [-0.4, -0.2) is 40.9 Å². The number of carbonyl (C=O) groups excluding carboxylic acids is 1. The van der Waals surface area contributed by atoms with Crippen molar-refractivity contribution in [2.45, 2.75) is 25.3 Å². The van der Waals surface area contributed by atoms with Crippen molar-refractivity contribution < 1.29 is 9.90 Å². The van der Waals surface area contributed by atoms with E-state index in [9.17, 15) is 9.90 Å². The molecule has 5 heteroatoms. The predicted octanol–water partition coefficient (Wildman–Crippen LogP) is 4.74. The fraction of sp³-hybridized carbons (Fsp3) is 0.214. The average molecular weight is 438 g/mol. The molecule has 2 heterocycles. The van der Waals surface area contributed by atoms with Gasteiger partial charge in [-0.3, -0.25) is 9.79 Å². The van der Waals surface area contributed by atoms with Crippen LogP contribution in [0.4, 0.5) is 5.69 Å². The minimum atomic E-state index is -0.541. The van der Waals surface area contributed by atoms with Gasteiger partial charge in [0.05, 0.1) is 11.4 Å². The lowest BCUT2D eigenvalue weighted by Crippen LogP contribution is -2.39. The molecule has 0 radical (unpaired) electrons. The van der Waals surface area contributed by atoms with Crippen LogP contribution >= 0.6 is 0 Å². The van der Waals surface area contributed by atoms with Crippen LogP contribution < -0.4 is 4.90 Å². The maximum atomic E-state index is 13.9. The molecule has 3 aromatic carbocycles. The van der Waals surface area contributed by atoms with Gasteiger partial charge in [-0.2, -0.15) is 0 Å². The number of para-hydroxylation sites is 2. The Hall–Kier alpha value is -3.70. The first kappa shape index (κ1) is 21.2. The second-order valence-electron chi connectivity index (χ2n) is 8.36. The van der Waals surface area contributed by atoms with Gasteiger partial charge in [0.2, 0.25) is 0 Å². The Morgan fingerprint density at radius 2 is 1.67 bits per heavy atom. The van der Waals surface area contributed by atoms with Crippen molar-refractivity contribution in [2.24, 2.45) is 4.99 Å². The number of amides is 1. The van der Waals surface area contributed by atoms with Crippen LogP contribution in [-0.2, 0) is 11.2 Å². The summed E-state index contributed by atoms with van der Waals surface area (Å²) in [5.41, 5.74) is 5.82. The molecule has 0 saturated heterocycles. The van der Waals surface area contributed by atoms with Gasteiger partial charge in [-0.05, 0) is 30.5 Å². The first-order chi connectivity index (χ1) is 16.3. The number of aliphatic imine (C=N–C) groups is 1. The fourth-order valence-electron chi connectivity index (χ4n) is 4.57. The minimum Gasteiger partial charge on any atom is -0.396 e. The third kappa shape index (κ3) is 4.20. The zero-order valence-electron chi connectivity index (χ0n) is 18.4. The molecule has 2 N–H and O–H groups in total. The van der Waals surface area contributed by atoms with E-state index in [1.807, 2.05) is 83.9 Å². The number of H-pyrrole nitrogens is 1. The lowest BCUT2D eigenvalue weighted by Gasteiger charge is -2.25. The number of nitrogens with zero attached hydrogens (tertiary/aromatic N) is 2. The van der Waals surface area contributed by atoms with Crippen LogP contribution in [0.25, 0.3) is 10.9 Å². The third-order valence-corrected chi connectivity index (χ3v) is 6.21. The number of unbranched alkanes of at least 4 members (excludes halogenated alkanes) is 1. The Morgan fingerprint density at radius 1 is 0.909 bits per heavy atom. The normalized spacial score (nSPS) is 15.9. The van der Waals surface area contributed by atoms with E-state index in [0.717, 1.165) is 45.4 Å². The van der Waals surface area contributed by atoms with E-state index in [1.165, 1.54) is 0 Å². The van der Waals surface area contributed by atoms with E-state index < -0.39 is 6.04 Å². The summed E-state index contributed by atoms with van der Waals surface area (Å²) in [6, 6.07) is 25.7. The summed E-state index contributed by atoms with van der Waals surface area (Å²) in [5.74, 6) is -0.00315. The molecule has 5 rings (SSSR count). The molecule has 1 unspecified atom stereocenters. The quantitative estimate of drug-likeness (QED) is 0.410. The first-order valence-electron chi connectivity index (χ1n) is 11.5. The molecular weight excluding hydrogens is 410 g/mol. The molecule has 1 aromatic heterocycles. The standard InChI is InChI=1S/C28H27N3O2/c32-17-9-8-16-31-26-15-7-5-13-23(26)27(20-10-2-1-3-11-20)30-25(28(31)33)18-21-19-29-24-14-6-4-12-22(21)24/h1-7,10-15,19,25,29,32H,8-9,16-18H2. The second-order valence-corrected chi connectivity index (χ2v) is 8.36. The van der Waals surface area contributed by atoms with E-state index in [2.05, 4.69) is 11.1 Å². The molecule has 0 bridgehead atoms. The Bertz CT molecular complexity index is 1290.